The number of aliphatic hydroxyl groups is 3. The number of rotatable bonds is 21. The van der Waals surface area contributed by atoms with Gasteiger partial charge in [0.25, 0.3) is 0 Å². The van der Waals surface area contributed by atoms with Crippen LogP contribution < -0.4 is 0 Å². The molecule has 3 N–H and O–H groups in total. The van der Waals surface area contributed by atoms with Crippen molar-refractivity contribution in [3.05, 3.63) is 0 Å². The molecular weight excluding hydrogens is 1050 g/mol. The van der Waals surface area contributed by atoms with Crippen molar-refractivity contribution in [3.8, 4) is 0 Å². The monoisotopic (exact) mass is 1110 g/mol. The van der Waals surface area contributed by atoms with Crippen LogP contribution in [0.25, 0.3) is 0 Å². The van der Waals surface area contributed by atoms with Gasteiger partial charge in [0.1, 0.15) is 80.9 Å². The molecule has 4 aliphatic rings. The topological polar surface area (TPSA) is 405 Å². The number of aliphatic hydroxyl groups excluding tert-OH is 3. The van der Waals surface area contributed by atoms with Gasteiger partial charge in [-0.3, -0.25) is 52.7 Å². The summed E-state index contributed by atoms with van der Waals surface area (Å²) in [5.41, 5.74) is 0. The van der Waals surface area contributed by atoms with Gasteiger partial charge in [0.05, 0.1) is 6.61 Å². The standard InChI is InChI=1S/C46H64O31/c1-16(47)34-32(59)38(31(58)27(72-34)12-64-44-42(70-25(10)56)40(69-24(9)55)36(66-21(6)52)29(73-44)14-62-18(3)49)76-46-43(71-26(11)57)41(37(67-22(7)53)30(75-46)15-63-19(4)50)77-45-39(68-23(8)54)33(60)35(65-20(5)51)28(74-45)13-61-17(2)48/h27-46,58-60H,12-15H2,1-11H3/t27-,28-,29-,30-,31-,32+,33+,34?,35-,36-,37-,38+,39-,40+,41+,42-,43-,44-,45+,46+/m1/s1. The van der Waals surface area contributed by atoms with Crippen molar-refractivity contribution in [1.29, 1.82) is 0 Å². The summed E-state index contributed by atoms with van der Waals surface area (Å²) < 4.78 is 95.9. The molecule has 0 bridgehead atoms. The van der Waals surface area contributed by atoms with Crippen molar-refractivity contribution in [2.45, 2.75) is 199 Å². The normalized spacial score (nSPS) is 34.8. The van der Waals surface area contributed by atoms with E-state index in [1.807, 2.05) is 0 Å². The third-order valence-corrected chi connectivity index (χ3v) is 11.4. The van der Waals surface area contributed by atoms with Crippen LogP contribution in [-0.2, 0) is 133 Å². The Morgan fingerprint density at radius 2 is 0.649 bits per heavy atom. The lowest BCUT2D eigenvalue weighted by atomic mass is 9.92. The number of ketones is 1. The summed E-state index contributed by atoms with van der Waals surface area (Å²) in [6, 6.07) is 0. The molecule has 0 aromatic carbocycles. The Morgan fingerprint density at radius 3 is 1.08 bits per heavy atom. The molecular formula is C46H64O31. The van der Waals surface area contributed by atoms with E-state index in [1.54, 1.807) is 0 Å². The number of hydrogen-bond acceptors (Lipinski definition) is 31. The van der Waals surface area contributed by atoms with Gasteiger partial charge >= 0.3 is 59.7 Å². The van der Waals surface area contributed by atoms with Crippen molar-refractivity contribution in [1.82, 2.24) is 0 Å². The second-order valence-corrected chi connectivity index (χ2v) is 17.8. The molecule has 0 aliphatic carbocycles. The van der Waals surface area contributed by atoms with Crippen LogP contribution in [0, 0.1) is 0 Å². The zero-order chi connectivity index (χ0) is 57.7. The first-order valence-electron chi connectivity index (χ1n) is 23.7. The molecule has 4 rings (SSSR count). The van der Waals surface area contributed by atoms with Crippen LogP contribution in [0.1, 0.15) is 76.2 Å². The fraction of sp³-hybridized carbons (Fsp3) is 0.761. The number of esters is 10. The lowest BCUT2D eigenvalue weighted by molar-refractivity contribution is -0.374. The average molecular weight is 1110 g/mol. The Hall–Kier alpha value is -6.03. The van der Waals surface area contributed by atoms with Crippen LogP contribution in [0.5, 0.6) is 0 Å². The van der Waals surface area contributed by atoms with Crippen molar-refractivity contribution < 1.29 is 149 Å². The number of carbonyl (C=O) groups excluding carboxylic acids is 11. The smallest absolute Gasteiger partial charge is 0.303 e. The number of ether oxygens (including phenoxy) is 17. The highest BCUT2D eigenvalue weighted by Crippen LogP contribution is 2.38. The van der Waals surface area contributed by atoms with E-state index in [2.05, 4.69) is 0 Å². The molecule has 4 saturated heterocycles. The van der Waals surface area contributed by atoms with Crippen LogP contribution in [0.3, 0.4) is 0 Å². The molecule has 0 amide bonds. The number of hydrogen-bond donors (Lipinski definition) is 3. The van der Waals surface area contributed by atoms with Crippen LogP contribution in [-0.4, -0.2) is 230 Å². The Labute approximate surface area is 438 Å². The third kappa shape index (κ3) is 18.0. The minimum Gasteiger partial charge on any atom is -0.463 e. The van der Waals surface area contributed by atoms with E-state index in [1.165, 1.54) is 0 Å². The van der Waals surface area contributed by atoms with Gasteiger partial charge in [0.15, 0.2) is 67.4 Å². The lowest BCUT2D eigenvalue weighted by Gasteiger charge is -2.50. The fourth-order valence-corrected chi connectivity index (χ4v) is 8.51. The largest absolute Gasteiger partial charge is 0.463 e. The summed E-state index contributed by atoms with van der Waals surface area (Å²) in [5.74, 6) is -10.6. The third-order valence-electron chi connectivity index (χ3n) is 11.4. The lowest BCUT2D eigenvalue weighted by Crippen LogP contribution is -2.68. The minimum absolute atomic E-state index is 0.650. The van der Waals surface area contributed by atoms with E-state index in [0.717, 1.165) is 76.2 Å². The van der Waals surface area contributed by atoms with E-state index < -0.39 is 215 Å². The number of Topliss-reactive ketones (excluding diaryl/α,β-unsaturated/α-hetero) is 1. The second-order valence-electron chi connectivity index (χ2n) is 17.8. The summed E-state index contributed by atoms with van der Waals surface area (Å²) in [6.45, 7) is 7.66. The summed E-state index contributed by atoms with van der Waals surface area (Å²) in [5, 5.41) is 35.3. The van der Waals surface area contributed by atoms with Crippen LogP contribution >= 0.6 is 0 Å². The molecule has 0 aromatic rings. The summed E-state index contributed by atoms with van der Waals surface area (Å²) in [4.78, 5) is 137. The van der Waals surface area contributed by atoms with Crippen LogP contribution in [0.15, 0.2) is 0 Å². The van der Waals surface area contributed by atoms with Gasteiger partial charge in [-0.25, -0.2) is 0 Å². The molecule has 434 valence electrons. The molecule has 31 heteroatoms. The van der Waals surface area contributed by atoms with Crippen molar-refractivity contribution in [2.24, 2.45) is 0 Å². The summed E-state index contributed by atoms with van der Waals surface area (Å²) in [7, 11) is 0. The first-order valence-corrected chi connectivity index (χ1v) is 23.7. The quantitative estimate of drug-likeness (QED) is 0.0745. The SMILES string of the molecule is CC(=O)OC[C@H]1O[C@@H](O[C@@H]2[C@@H](OC(C)=O)[C@H](O[C@H]3[C@H](O)[C@@H](CO[C@@H]4O[C@H](COC(C)=O)[C@@H](OC(C)=O)[C@H](OC(C)=O)[C@H]4OC(C)=O)OC(C(C)=O)[C@@H]3O)O[C@H](COC(C)=O)[C@H]2OC(C)=O)[C@H](OC(C)=O)[C@@H](O)[C@@H]1OC(C)=O. The number of carbonyl (C=O) groups is 11. The molecule has 31 nitrogen and oxygen atoms in total. The highest BCUT2D eigenvalue weighted by atomic mass is 16.8. The maximum absolute atomic E-state index is 13.2. The Kier molecular flexibility index (Phi) is 23.5. The van der Waals surface area contributed by atoms with E-state index in [-0.39, 0.29) is 0 Å². The van der Waals surface area contributed by atoms with Gasteiger partial charge in [0.2, 0.25) is 0 Å². The zero-order valence-corrected chi connectivity index (χ0v) is 43.6. The molecule has 1 unspecified atom stereocenters. The fourth-order valence-electron chi connectivity index (χ4n) is 8.51. The molecule has 20 atom stereocenters. The maximum Gasteiger partial charge on any atom is 0.303 e. The summed E-state index contributed by atoms with van der Waals surface area (Å²) in [6.07, 6.45) is -37.7. The predicted molar refractivity (Wildman–Crippen MR) is 238 cm³/mol. The van der Waals surface area contributed by atoms with Crippen LogP contribution in [0.4, 0.5) is 0 Å². The van der Waals surface area contributed by atoms with Gasteiger partial charge in [-0.05, 0) is 6.92 Å². The minimum atomic E-state index is -2.16. The zero-order valence-electron chi connectivity index (χ0n) is 43.6. The highest BCUT2D eigenvalue weighted by molar-refractivity contribution is 5.81. The molecule has 4 aliphatic heterocycles. The van der Waals surface area contributed by atoms with Gasteiger partial charge in [0, 0.05) is 69.2 Å². The molecule has 0 aromatic heterocycles. The van der Waals surface area contributed by atoms with Gasteiger partial charge in [-0.2, -0.15) is 0 Å². The Balaban J connectivity index is 1.82. The van der Waals surface area contributed by atoms with Gasteiger partial charge in [-0.15, -0.1) is 0 Å². The van der Waals surface area contributed by atoms with Crippen molar-refractivity contribution >= 4 is 65.5 Å². The van der Waals surface area contributed by atoms with Crippen molar-refractivity contribution in [3.63, 3.8) is 0 Å². The molecule has 0 radical (unpaired) electrons. The van der Waals surface area contributed by atoms with E-state index >= 15 is 0 Å². The Bertz CT molecular complexity index is 2150. The van der Waals surface area contributed by atoms with E-state index in [0.29, 0.717) is 0 Å². The average Bonchev–Trinajstić information content (AvgIpc) is 3.30. The Morgan fingerprint density at radius 1 is 0.312 bits per heavy atom. The molecule has 0 spiro atoms. The first-order chi connectivity index (χ1) is 36.0. The van der Waals surface area contributed by atoms with E-state index in [9.17, 15) is 68.1 Å². The maximum atomic E-state index is 13.2. The van der Waals surface area contributed by atoms with Crippen LogP contribution in [0.2, 0.25) is 0 Å². The highest BCUT2D eigenvalue weighted by Gasteiger charge is 2.59. The molecule has 77 heavy (non-hydrogen) atoms. The molecule has 0 saturated carbocycles. The first kappa shape index (κ1) is 63.5. The second kappa shape index (κ2) is 28.6. The van der Waals surface area contributed by atoms with E-state index in [4.69, 9.17) is 80.5 Å². The molecule has 4 heterocycles. The van der Waals surface area contributed by atoms with Crippen molar-refractivity contribution in [2.75, 3.05) is 26.4 Å². The summed E-state index contributed by atoms with van der Waals surface area (Å²) >= 11 is 0. The van der Waals surface area contributed by atoms with Gasteiger partial charge in [-0.1, -0.05) is 0 Å². The molecule has 4 fully saturated rings. The predicted octanol–water partition coefficient (Wildman–Crippen LogP) is -3.40. The van der Waals surface area contributed by atoms with Gasteiger partial charge < -0.3 is 95.8 Å².